The van der Waals surface area contributed by atoms with Crippen molar-refractivity contribution >= 4 is 26.7 Å². The van der Waals surface area contributed by atoms with Crippen LogP contribution in [0.3, 0.4) is 0 Å². The SMILES string of the molecule is Cc1ccc(S(=O)(=O)NNC(=O)Cn2nc(Cc3ccccc3)c3ccccc3c2=O)cc1. The topological polar surface area (TPSA) is 110 Å². The van der Waals surface area contributed by atoms with Crippen molar-refractivity contribution in [1.29, 1.82) is 0 Å². The number of hydrazine groups is 1. The normalized spacial score (nSPS) is 11.4. The van der Waals surface area contributed by atoms with E-state index in [1.54, 1.807) is 24.3 Å². The summed E-state index contributed by atoms with van der Waals surface area (Å²) in [6.45, 7) is 1.40. The van der Waals surface area contributed by atoms with Crippen LogP contribution in [0.25, 0.3) is 10.8 Å². The second kappa shape index (κ2) is 9.35. The lowest BCUT2D eigenvalue weighted by Gasteiger charge is -2.12. The number of aromatic nitrogens is 2. The maximum Gasteiger partial charge on any atom is 0.275 e. The van der Waals surface area contributed by atoms with Crippen molar-refractivity contribution in [3.8, 4) is 0 Å². The van der Waals surface area contributed by atoms with E-state index >= 15 is 0 Å². The highest BCUT2D eigenvalue weighted by Crippen LogP contribution is 2.17. The van der Waals surface area contributed by atoms with E-state index in [-0.39, 0.29) is 4.90 Å². The Morgan fingerprint density at radius 3 is 2.24 bits per heavy atom. The first-order valence-corrected chi connectivity index (χ1v) is 11.7. The number of nitrogens with one attached hydrogen (secondary N) is 2. The molecule has 3 aromatic carbocycles. The van der Waals surface area contributed by atoms with Gasteiger partial charge in [0.05, 0.1) is 16.0 Å². The maximum absolute atomic E-state index is 12.9. The predicted molar refractivity (Wildman–Crippen MR) is 125 cm³/mol. The van der Waals surface area contributed by atoms with Crippen LogP contribution >= 0.6 is 0 Å². The molecule has 2 N–H and O–H groups in total. The molecule has 4 rings (SSSR count). The molecule has 168 valence electrons. The quantitative estimate of drug-likeness (QED) is 0.410. The molecule has 0 radical (unpaired) electrons. The standard InChI is InChI=1S/C24H22N4O4S/c1-17-11-13-19(14-12-17)33(31,32)27-25-23(29)16-28-24(30)21-10-6-5-9-20(21)22(26-28)15-18-7-3-2-4-8-18/h2-14,27H,15-16H2,1H3,(H,25,29). The summed E-state index contributed by atoms with van der Waals surface area (Å²) in [5.74, 6) is -0.721. The summed E-state index contributed by atoms with van der Waals surface area (Å²) in [5, 5.41) is 5.56. The Morgan fingerprint density at radius 1 is 0.909 bits per heavy atom. The molecular formula is C24H22N4O4S. The molecule has 9 heteroatoms. The van der Waals surface area contributed by atoms with Crippen molar-refractivity contribution in [1.82, 2.24) is 20.0 Å². The molecule has 1 heterocycles. The Bertz CT molecular complexity index is 1460. The number of sulfonamides is 1. The molecule has 0 aliphatic rings. The molecular weight excluding hydrogens is 440 g/mol. The fourth-order valence-electron chi connectivity index (χ4n) is 3.41. The third kappa shape index (κ3) is 5.16. The Balaban J connectivity index is 1.56. The first-order chi connectivity index (χ1) is 15.8. The monoisotopic (exact) mass is 462 g/mol. The number of rotatable bonds is 7. The minimum absolute atomic E-state index is 0.0135. The zero-order valence-corrected chi connectivity index (χ0v) is 18.7. The van der Waals surface area contributed by atoms with Gasteiger partial charge in [-0.25, -0.2) is 13.1 Å². The smallest absolute Gasteiger partial charge is 0.275 e. The van der Waals surface area contributed by atoms with Gasteiger partial charge in [0.1, 0.15) is 6.54 Å². The van der Waals surface area contributed by atoms with Gasteiger partial charge in [-0.2, -0.15) is 5.10 Å². The predicted octanol–water partition coefficient (Wildman–Crippen LogP) is 2.31. The minimum atomic E-state index is -3.95. The van der Waals surface area contributed by atoms with Gasteiger partial charge in [-0.3, -0.25) is 15.0 Å². The van der Waals surface area contributed by atoms with Gasteiger partial charge in [0.2, 0.25) is 0 Å². The Kier molecular flexibility index (Phi) is 6.34. The fraction of sp³-hybridized carbons (Fsp3) is 0.125. The van der Waals surface area contributed by atoms with Crippen molar-refractivity contribution < 1.29 is 13.2 Å². The fourth-order valence-corrected chi connectivity index (χ4v) is 4.27. The zero-order valence-electron chi connectivity index (χ0n) is 17.9. The van der Waals surface area contributed by atoms with Gasteiger partial charge < -0.3 is 0 Å². The van der Waals surface area contributed by atoms with Crippen LogP contribution in [0.1, 0.15) is 16.8 Å². The average molecular weight is 463 g/mol. The lowest BCUT2D eigenvalue weighted by Crippen LogP contribution is -2.44. The molecule has 0 saturated heterocycles. The van der Waals surface area contributed by atoms with Crippen molar-refractivity contribution in [2.75, 3.05) is 0 Å². The molecule has 0 aliphatic heterocycles. The largest absolute Gasteiger partial charge is 0.276 e. The average Bonchev–Trinajstić information content (AvgIpc) is 2.82. The van der Waals surface area contributed by atoms with Gasteiger partial charge in [-0.1, -0.05) is 66.2 Å². The van der Waals surface area contributed by atoms with E-state index in [0.29, 0.717) is 22.9 Å². The number of aryl methyl sites for hydroxylation is 1. The summed E-state index contributed by atoms with van der Waals surface area (Å²) in [7, 11) is -3.95. The molecule has 1 amide bonds. The molecule has 0 fully saturated rings. The number of carbonyl (C=O) groups excluding carboxylic acids is 1. The van der Waals surface area contributed by atoms with Crippen LogP contribution in [0.2, 0.25) is 0 Å². The van der Waals surface area contributed by atoms with E-state index in [9.17, 15) is 18.0 Å². The van der Waals surface area contributed by atoms with Crippen molar-refractivity contribution in [3.05, 3.63) is 106 Å². The molecule has 0 saturated carbocycles. The van der Waals surface area contributed by atoms with E-state index in [1.165, 1.54) is 12.1 Å². The van der Waals surface area contributed by atoms with Gasteiger partial charge in [0.15, 0.2) is 0 Å². The van der Waals surface area contributed by atoms with Gasteiger partial charge in [-0.15, -0.1) is 4.83 Å². The molecule has 0 spiro atoms. The molecule has 1 aromatic heterocycles. The third-order valence-electron chi connectivity index (χ3n) is 5.11. The molecule has 4 aromatic rings. The number of amides is 1. The van der Waals surface area contributed by atoms with Crippen LogP contribution in [-0.4, -0.2) is 24.1 Å². The lowest BCUT2D eigenvalue weighted by atomic mass is 10.0. The van der Waals surface area contributed by atoms with Crippen LogP contribution < -0.4 is 15.8 Å². The van der Waals surface area contributed by atoms with Crippen molar-refractivity contribution in [2.45, 2.75) is 24.8 Å². The van der Waals surface area contributed by atoms with Crippen molar-refractivity contribution in [3.63, 3.8) is 0 Å². The Hall–Kier alpha value is -3.82. The van der Waals surface area contributed by atoms with Crippen LogP contribution in [0, 0.1) is 6.92 Å². The lowest BCUT2D eigenvalue weighted by molar-refractivity contribution is -0.122. The van der Waals surface area contributed by atoms with E-state index in [0.717, 1.165) is 15.8 Å². The third-order valence-corrected chi connectivity index (χ3v) is 6.37. The Morgan fingerprint density at radius 2 is 1.55 bits per heavy atom. The summed E-state index contributed by atoms with van der Waals surface area (Å²) < 4.78 is 25.8. The Labute approximate surface area is 190 Å². The molecule has 0 unspecified atom stereocenters. The first-order valence-electron chi connectivity index (χ1n) is 10.2. The molecule has 0 aliphatic carbocycles. The summed E-state index contributed by atoms with van der Waals surface area (Å²) in [4.78, 5) is 27.4. The number of nitrogens with zero attached hydrogens (tertiary/aromatic N) is 2. The second-order valence-electron chi connectivity index (χ2n) is 7.58. The van der Waals surface area contributed by atoms with Gasteiger partial charge in [-0.05, 0) is 30.7 Å². The molecule has 8 nitrogen and oxygen atoms in total. The van der Waals surface area contributed by atoms with E-state index in [2.05, 4.69) is 15.4 Å². The molecule has 0 bridgehead atoms. The summed E-state index contributed by atoms with van der Waals surface area (Å²) in [6.07, 6.45) is 0.476. The van der Waals surface area contributed by atoms with E-state index in [4.69, 9.17) is 0 Å². The highest BCUT2D eigenvalue weighted by atomic mass is 32.2. The summed E-state index contributed by atoms with van der Waals surface area (Å²) >= 11 is 0. The first kappa shape index (κ1) is 22.4. The van der Waals surface area contributed by atoms with E-state index < -0.39 is 28.0 Å². The van der Waals surface area contributed by atoms with Crippen LogP contribution in [0.5, 0.6) is 0 Å². The number of hydrogen-bond donors (Lipinski definition) is 2. The number of benzene rings is 3. The zero-order chi connectivity index (χ0) is 23.4. The minimum Gasteiger partial charge on any atom is -0.276 e. The highest BCUT2D eigenvalue weighted by Gasteiger charge is 2.17. The van der Waals surface area contributed by atoms with E-state index in [1.807, 2.05) is 49.4 Å². The molecule has 33 heavy (non-hydrogen) atoms. The second-order valence-corrected chi connectivity index (χ2v) is 9.27. The van der Waals surface area contributed by atoms with Crippen LogP contribution in [0.4, 0.5) is 0 Å². The van der Waals surface area contributed by atoms with Gasteiger partial charge in [0.25, 0.3) is 21.5 Å². The van der Waals surface area contributed by atoms with Crippen LogP contribution in [-0.2, 0) is 27.8 Å². The number of fused-ring (bicyclic) bond motifs is 1. The number of carbonyl (C=O) groups is 1. The summed E-state index contributed by atoms with van der Waals surface area (Å²) in [6, 6.07) is 22.9. The molecule has 0 atom stereocenters. The van der Waals surface area contributed by atoms with Gasteiger partial charge in [0, 0.05) is 11.8 Å². The number of hydrogen-bond acceptors (Lipinski definition) is 5. The maximum atomic E-state index is 12.9. The summed E-state index contributed by atoms with van der Waals surface area (Å²) in [5.41, 5.74) is 4.28. The highest BCUT2D eigenvalue weighted by molar-refractivity contribution is 7.89. The van der Waals surface area contributed by atoms with Crippen molar-refractivity contribution in [2.24, 2.45) is 0 Å². The van der Waals surface area contributed by atoms with Crippen LogP contribution in [0.15, 0.2) is 88.6 Å². The van der Waals surface area contributed by atoms with Gasteiger partial charge >= 0.3 is 0 Å².